The highest BCUT2D eigenvalue weighted by molar-refractivity contribution is 5.77. The summed E-state index contributed by atoms with van der Waals surface area (Å²) in [7, 11) is 0. The summed E-state index contributed by atoms with van der Waals surface area (Å²) in [5.74, 6) is -0.0355. The standard InChI is InChI=1S/C15H20F2N2O3/c1-10(11-3-2-4-13(7-11)22-15(16)17)19-14(20)8-12-9-21-6-5-18-12/h2-4,7,10,12,15,18H,5-6,8-9H2,1H3,(H,19,20). The lowest BCUT2D eigenvalue weighted by Crippen LogP contribution is -2.44. The van der Waals surface area contributed by atoms with Crippen LogP contribution in [0.4, 0.5) is 8.78 Å². The Morgan fingerprint density at radius 1 is 1.55 bits per heavy atom. The quantitative estimate of drug-likeness (QED) is 0.841. The van der Waals surface area contributed by atoms with E-state index in [2.05, 4.69) is 15.4 Å². The van der Waals surface area contributed by atoms with Crippen molar-refractivity contribution < 1.29 is 23.0 Å². The molecule has 0 radical (unpaired) electrons. The van der Waals surface area contributed by atoms with Gasteiger partial charge in [-0.05, 0) is 24.6 Å². The van der Waals surface area contributed by atoms with Crippen molar-refractivity contribution in [3.63, 3.8) is 0 Å². The van der Waals surface area contributed by atoms with Crippen LogP contribution in [0.3, 0.4) is 0 Å². The minimum Gasteiger partial charge on any atom is -0.435 e. The molecule has 1 amide bonds. The SMILES string of the molecule is CC(NC(=O)CC1COCCN1)c1cccc(OC(F)F)c1. The van der Waals surface area contributed by atoms with Crippen molar-refractivity contribution in [1.29, 1.82) is 0 Å². The zero-order valence-electron chi connectivity index (χ0n) is 12.4. The number of benzene rings is 1. The molecule has 0 aliphatic carbocycles. The lowest BCUT2D eigenvalue weighted by atomic mass is 10.1. The molecule has 1 aliphatic heterocycles. The molecule has 0 saturated carbocycles. The van der Waals surface area contributed by atoms with Gasteiger partial charge in [-0.15, -0.1) is 0 Å². The molecule has 122 valence electrons. The van der Waals surface area contributed by atoms with Gasteiger partial charge in [0.05, 0.1) is 19.3 Å². The lowest BCUT2D eigenvalue weighted by molar-refractivity contribution is -0.122. The Morgan fingerprint density at radius 3 is 3.05 bits per heavy atom. The zero-order valence-corrected chi connectivity index (χ0v) is 12.4. The molecule has 1 aromatic carbocycles. The summed E-state index contributed by atoms with van der Waals surface area (Å²) in [5.41, 5.74) is 0.708. The molecule has 1 heterocycles. The van der Waals surface area contributed by atoms with E-state index in [4.69, 9.17) is 4.74 Å². The van der Waals surface area contributed by atoms with E-state index in [1.807, 2.05) is 0 Å². The Hall–Kier alpha value is -1.73. The second kappa shape index (κ2) is 8.05. The second-order valence-electron chi connectivity index (χ2n) is 5.17. The second-order valence-corrected chi connectivity index (χ2v) is 5.17. The Bertz CT molecular complexity index is 493. The third-order valence-electron chi connectivity index (χ3n) is 3.39. The fourth-order valence-electron chi connectivity index (χ4n) is 2.32. The zero-order chi connectivity index (χ0) is 15.9. The van der Waals surface area contributed by atoms with Gasteiger partial charge in [-0.3, -0.25) is 4.79 Å². The number of morpholine rings is 1. The van der Waals surface area contributed by atoms with Crippen LogP contribution in [-0.4, -0.2) is 38.3 Å². The molecule has 1 saturated heterocycles. The molecule has 1 aliphatic rings. The van der Waals surface area contributed by atoms with Gasteiger partial charge in [0, 0.05) is 19.0 Å². The van der Waals surface area contributed by atoms with Gasteiger partial charge >= 0.3 is 6.61 Å². The maximum atomic E-state index is 12.2. The van der Waals surface area contributed by atoms with E-state index in [0.717, 1.165) is 6.54 Å². The van der Waals surface area contributed by atoms with Crippen molar-refractivity contribution in [2.75, 3.05) is 19.8 Å². The number of hydrogen-bond acceptors (Lipinski definition) is 4. The van der Waals surface area contributed by atoms with Crippen LogP contribution in [0, 0.1) is 0 Å². The van der Waals surface area contributed by atoms with Gasteiger partial charge in [0.25, 0.3) is 0 Å². The third kappa shape index (κ3) is 5.23. The molecule has 2 N–H and O–H groups in total. The Morgan fingerprint density at radius 2 is 2.36 bits per heavy atom. The molecule has 2 atom stereocenters. The summed E-state index contributed by atoms with van der Waals surface area (Å²) < 4.78 is 34.1. The Balaban J connectivity index is 1.87. The first-order valence-electron chi connectivity index (χ1n) is 7.20. The Kier molecular flexibility index (Phi) is 6.09. The number of carbonyl (C=O) groups is 1. The highest BCUT2D eigenvalue weighted by Crippen LogP contribution is 2.20. The predicted octanol–water partition coefficient (Wildman–Crippen LogP) is 1.84. The molecule has 0 bridgehead atoms. The molecule has 0 aromatic heterocycles. The minimum atomic E-state index is -2.86. The van der Waals surface area contributed by atoms with Gasteiger partial charge in [0.15, 0.2) is 0 Å². The van der Waals surface area contributed by atoms with Gasteiger partial charge < -0.3 is 20.1 Å². The van der Waals surface area contributed by atoms with Gasteiger partial charge in [-0.1, -0.05) is 12.1 Å². The van der Waals surface area contributed by atoms with Crippen LogP contribution in [0.2, 0.25) is 0 Å². The van der Waals surface area contributed by atoms with E-state index >= 15 is 0 Å². The van der Waals surface area contributed by atoms with Crippen molar-refractivity contribution in [3.05, 3.63) is 29.8 Å². The van der Waals surface area contributed by atoms with Gasteiger partial charge in [0.1, 0.15) is 5.75 Å². The highest BCUT2D eigenvalue weighted by Gasteiger charge is 2.18. The summed E-state index contributed by atoms with van der Waals surface area (Å²) in [6.07, 6.45) is 0.317. The van der Waals surface area contributed by atoms with Crippen molar-refractivity contribution in [2.45, 2.75) is 32.0 Å². The van der Waals surface area contributed by atoms with Gasteiger partial charge in [-0.2, -0.15) is 8.78 Å². The molecule has 7 heteroatoms. The van der Waals surface area contributed by atoms with E-state index in [0.29, 0.717) is 25.2 Å². The molecule has 1 fully saturated rings. The topological polar surface area (TPSA) is 59.6 Å². The van der Waals surface area contributed by atoms with Crippen LogP contribution in [0.15, 0.2) is 24.3 Å². The molecule has 5 nitrogen and oxygen atoms in total. The monoisotopic (exact) mass is 314 g/mol. The number of alkyl halides is 2. The number of amides is 1. The number of halogens is 2. The van der Waals surface area contributed by atoms with Crippen LogP contribution < -0.4 is 15.4 Å². The average molecular weight is 314 g/mol. The van der Waals surface area contributed by atoms with Gasteiger partial charge in [-0.25, -0.2) is 0 Å². The molecule has 1 aromatic rings. The van der Waals surface area contributed by atoms with E-state index in [1.165, 1.54) is 12.1 Å². The largest absolute Gasteiger partial charge is 0.435 e. The summed E-state index contributed by atoms with van der Waals surface area (Å²) >= 11 is 0. The van der Waals surface area contributed by atoms with E-state index in [1.54, 1.807) is 19.1 Å². The lowest BCUT2D eigenvalue weighted by Gasteiger charge is -2.24. The predicted molar refractivity (Wildman–Crippen MR) is 76.9 cm³/mol. The van der Waals surface area contributed by atoms with Crippen molar-refractivity contribution in [3.8, 4) is 5.75 Å². The van der Waals surface area contributed by atoms with E-state index < -0.39 is 6.61 Å². The van der Waals surface area contributed by atoms with Crippen LogP contribution in [0.25, 0.3) is 0 Å². The smallest absolute Gasteiger partial charge is 0.387 e. The number of carbonyl (C=O) groups excluding carboxylic acids is 1. The number of hydrogen-bond donors (Lipinski definition) is 2. The fraction of sp³-hybridized carbons (Fsp3) is 0.533. The Labute approximate surface area is 128 Å². The number of nitrogens with one attached hydrogen (secondary N) is 2. The van der Waals surface area contributed by atoms with Crippen molar-refractivity contribution in [1.82, 2.24) is 10.6 Å². The van der Waals surface area contributed by atoms with E-state index in [-0.39, 0.29) is 23.7 Å². The maximum Gasteiger partial charge on any atom is 0.387 e. The minimum absolute atomic E-state index is 0.00875. The summed E-state index contributed by atoms with van der Waals surface area (Å²) in [4.78, 5) is 12.0. The maximum absolute atomic E-state index is 12.2. The molecule has 0 spiro atoms. The summed E-state index contributed by atoms with van der Waals surface area (Å²) in [6, 6.07) is 6.04. The van der Waals surface area contributed by atoms with E-state index in [9.17, 15) is 13.6 Å². The molecular weight excluding hydrogens is 294 g/mol. The summed E-state index contributed by atoms with van der Waals surface area (Å²) in [5, 5.41) is 6.05. The van der Waals surface area contributed by atoms with Crippen LogP contribution in [-0.2, 0) is 9.53 Å². The average Bonchev–Trinajstić information content (AvgIpc) is 2.47. The first kappa shape index (κ1) is 16.6. The highest BCUT2D eigenvalue weighted by atomic mass is 19.3. The van der Waals surface area contributed by atoms with Crippen LogP contribution in [0.5, 0.6) is 5.75 Å². The van der Waals surface area contributed by atoms with Crippen molar-refractivity contribution >= 4 is 5.91 Å². The number of ether oxygens (including phenoxy) is 2. The third-order valence-corrected chi connectivity index (χ3v) is 3.39. The van der Waals surface area contributed by atoms with Crippen molar-refractivity contribution in [2.24, 2.45) is 0 Å². The molecule has 2 rings (SSSR count). The normalized spacial score (nSPS) is 19.7. The molecule has 22 heavy (non-hydrogen) atoms. The number of rotatable bonds is 6. The van der Waals surface area contributed by atoms with Crippen LogP contribution in [0.1, 0.15) is 24.9 Å². The fourth-order valence-corrected chi connectivity index (χ4v) is 2.32. The first-order valence-corrected chi connectivity index (χ1v) is 7.20. The summed E-state index contributed by atoms with van der Waals surface area (Å²) in [6.45, 7) is 0.841. The first-order chi connectivity index (χ1) is 10.5. The molecule has 2 unspecified atom stereocenters. The van der Waals surface area contributed by atoms with Crippen LogP contribution >= 0.6 is 0 Å². The molecular formula is C15H20F2N2O3. The van der Waals surface area contributed by atoms with Gasteiger partial charge in [0.2, 0.25) is 5.91 Å².